The van der Waals surface area contributed by atoms with Crippen molar-refractivity contribution in [3.63, 3.8) is 0 Å². The van der Waals surface area contributed by atoms with Gasteiger partial charge in [0.2, 0.25) is 11.9 Å². The molecule has 0 aliphatic carbocycles. The summed E-state index contributed by atoms with van der Waals surface area (Å²) in [6, 6.07) is 4.22. The molecule has 0 bridgehead atoms. The second kappa shape index (κ2) is 12.5. The number of ether oxygens (including phenoxy) is 1. The van der Waals surface area contributed by atoms with E-state index in [0.29, 0.717) is 30.4 Å². The number of nitrogens with one attached hydrogen (secondary N) is 2. The van der Waals surface area contributed by atoms with Crippen molar-refractivity contribution in [3.8, 4) is 5.75 Å². The van der Waals surface area contributed by atoms with Gasteiger partial charge >= 0.3 is 0 Å². The summed E-state index contributed by atoms with van der Waals surface area (Å²) in [7, 11) is 5.95. The first-order chi connectivity index (χ1) is 17.5. The zero-order chi connectivity index (χ0) is 25.5. The van der Waals surface area contributed by atoms with E-state index in [4.69, 9.17) is 20.4 Å². The molecule has 2 aliphatic rings. The fourth-order valence-corrected chi connectivity index (χ4v) is 4.90. The summed E-state index contributed by atoms with van der Waals surface area (Å²) in [6.45, 7) is 6.58. The highest BCUT2D eigenvalue weighted by atomic mass is 16.5. The highest BCUT2D eigenvalue weighted by molar-refractivity contribution is 5.99. The number of amides is 1. The molecule has 4 rings (SSSR count). The number of methoxy groups -OCH3 is 1. The molecule has 0 saturated carbocycles. The third-order valence-electron chi connectivity index (χ3n) is 7.20. The Balaban J connectivity index is 1.68. The minimum Gasteiger partial charge on any atom is -0.495 e. The van der Waals surface area contributed by atoms with Crippen molar-refractivity contribution in [2.24, 2.45) is 5.73 Å². The van der Waals surface area contributed by atoms with Crippen molar-refractivity contribution in [1.82, 2.24) is 19.8 Å². The summed E-state index contributed by atoms with van der Waals surface area (Å²) in [5.74, 6) is 2.13. The minimum absolute atomic E-state index is 0.0457. The Morgan fingerprint density at radius 2 is 1.83 bits per heavy atom. The molecule has 4 N–H and O–H groups in total. The molecular formula is C26H42N8O2. The van der Waals surface area contributed by atoms with E-state index in [9.17, 15) is 4.79 Å². The van der Waals surface area contributed by atoms with Crippen LogP contribution in [0.4, 0.5) is 17.5 Å². The first-order valence-corrected chi connectivity index (χ1v) is 13.2. The van der Waals surface area contributed by atoms with Crippen molar-refractivity contribution in [2.45, 2.75) is 44.6 Å². The molecule has 0 radical (unpaired) electrons. The average molecular weight is 499 g/mol. The van der Waals surface area contributed by atoms with Gasteiger partial charge in [0.1, 0.15) is 11.6 Å². The molecule has 36 heavy (non-hydrogen) atoms. The van der Waals surface area contributed by atoms with Crippen molar-refractivity contribution in [3.05, 3.63) is 12.1 Å². The number of hydrogen-bond acceptors (Lipinski definition) is 9. The maximum Gasteiger partial charge on any atom is 0.227 e. The molecule has 10 heteroatoms. The first-order valence-electron chi connectivity index (χ1n) is 13.2. The number of anilines is 3. The molecule has 3 heterocycles. The number of unbranched alkanes of at least 4 members (excludes halogenated alkanes) is 1. The SMILES string of the molecule is COc1cc2c(NC3CCN(C)CC3)nc(N3CCCN(C)CC3)nc2cc1NC(=O)CCCCN. The summed E-state index contributed by atoms with van der Waals surface area (Å²) >= 11 is 0. The molecule has 2 aliphatic heterocycles. The van der Waals surface area contributed by atoms with E-state index in [2.05, 4.69) is 39.4 Å². The summed E-state index contributed by atoms with van der Waals surface area (Å²) in [6.07, 6.45) is 5.23. The van der Waals surface area contributed by atoms with Crippen LogP contribution in [0.3, 0.4) is 0 Å². The average Bonchev–Trinajstić information content (AvgIpc) is 3.09. The molecule has 2 saturated heterocycles. The lowest BCUT2D eigenvalue weighted by molar-refractivity contribution is -0.116. The number of nitrogens with two attached hydrogens (primary N) is 1. The Morgan fingerprint density at radius 1 is 1.06 bits per heavy atom. The van der Waals surface area contributed by atoms with Crippen LogP contribution in [0.1, 0.15) is 38.5 Å². The molecular weight excluding hydrogens is 456 g/mol. The van der Waals surface area contributed by atoms with Gasteiger partial charge < -0.3 is 35.8 Å². The maximum atomic E-state index is 12.6. The number of hydrogen-bond donors (Lipinski definition) is 3. The maximum absolute atomic E-state index is 12.6. The van der Waals surface area contributed by atoms with Crippen molar-refractivity contribution >= 4 is 34.3 Å². The normalized spacial score (nSPS) is 18.3. The number of carbonyl (C=O) groups is 1. The van der Waals surface area contributed by atoms with Gasteiger partial charge in [0.25, 0.3) is 0 Å². The van der Waals surface area contributed by atoms with Crippen LogP contribution in [0.5, 0.6) is 5.75 Å². The summed E-state index contributed by atoms with van der Waals surface area (Å²) in [4.78, 5) is 29.6. The first kappa shape index (κ1) is 26.4. The number of benzene rings is 1. The van der Waals surface area contributed by atoms with Crippen LogP contribution in [0, 0.1) is 0 Å². The van der Waals surface area contributed by atoms with E-state index in [0.717, 1.165) is 94.0 Å². The van der Waals surface area contributed by atoms with Crippen molar-refractivity contribution in [2.75, 3.05) is 82.6 Å². The Morgan fingerprint density at radius 3 is 2.58 bits per heavy atom. The standard InChI is InChI=1S/C26H42N8O2/c1-32-11-6-12-34(16-15-32)26-30-21-18-22(29-24(35)7-4-5-10-27)23(36-3)17-20(21)25(31-26)28-19-8-13-33(2)14-9-19/h17-19H,4-16,27H2,1-3H3,(H,29,35)(H,28,30,31). The predicted molar refractivity (Wildman–Crippen MR) is 146 cm³/mol. The number of likely N-dealkylation sites (tertiary alicyclic amines) is 1. The van der Waals surface area contributed by atoms with Gasteiger partial charge in [-0.25, -0.2) is 4.98 Å². The van der Waals surface area contributed by atoms with E-state index in [1.165, 1.54) is 0 Å². The number of aromatic nitrogens is 2. The van der Waals surface area contributed by atoms with E-state index in [1.54, 1.807) is 7.11 Å². The van der Waals surface area contributed by atoms with Crippen molar-refractivity contribution in [1.29, 1.82) is 0 Å². The highest BCUT2D eigenvalue weighted by Crippen LogP contribution is 2.35. The fourth-order valence-electron chi connectivity index (χ4n) is 4.90. The van der Waals surface area contributed by atoms with Gasteiger partial charge in [-0.15, -0.1) is 0 Å². The Bertz CT molecular complexity index is 1020. The van der Waals surface area contributed by atoms with Crippen LogP contribution in [-0.2, 0) is 4.79 Å². The molecule has 198 valence electrons. The lowest BCUT2D eigenvalue weighted by atomic mass is 10.1. The highest BCUT2D eigenvalue weighted by Gasteiger charge is 2.22. The number of piperidine rings is 1. The van der Waals surface area contributed by atoms with Crippen LogP contribution >= 0.6 is 0 Å². The zero-order valence-corrected chi connectivity index (χ0v) is 22.1. The Labute approximate surface area is 214 Å². The Kier molecular flexibility index (Phi) is 9.17. The predicted octanol–water partition coefficient (Wildman–Crippen LogP) is 2.35. The summed E-state index contributed by atoms with van der Waals surface area (Å²) < 4.78 is 5.67. The molecule has 0 spiro atoms. The van der Waals surface area contributed by atoms with Gasteiger partial charge in [0.05, 0.1) is 18.3 Å². The monoisotopic (exact) mass is 498 g/mol. The van der Waals surface area contributed by atoms with Gasteiger partial charge in [-0.3, -0.25) is 4.79 Å². The molecule has 10 nitrogen and oxygen atoms in total. The van der Waals surface area contributed by atoms with Crippen LogP contribution in [0.15, 0.2) is 12.1 Å². The molecule has 1 amide bonds. The van der Waals surface area contributed by atoms with Gasteiger partial charge in [-0.2, -0.15) is 4.98 Å². The molecule has 1 aromatic carbocycles. The molecule has 2 aromatic rings. The third-order valence-corrected chi connectivity index (χ3v) is 7.20. The van der Waals surface area contributed by atoms with E-state index >= 15 is 0 Å². The second-order valence-corrected chi connectivity index (χ2v) is 10.1. The van der Waals surface area contributed by atoms with Gasteiger partial charge in [0.15, 0.2) is 0 Å². The lowest BCUT2D eigenvalue weighted by Crippen LogP contribution is -2.37. The molecule has 1 aromatic heterocycles. The minimum atomic E-state index is -0.0457. The zero-order valence-electron chi connectivity index (χ0n) is 22.1. The van der Waals surface area contributed by atoms with E-state index in [1.807, 2.05) is 12.1 Å². The fraction of sp³-hybridized carbons (Fsp3) is 0.654. The molecule has 0 atom stereocenters. The quantitative estimate of drug-likeness (QED) is 0.449. The van der Waals surface area contributed by atoms with Crippen LogP contribution in [-0.4, -0.2) is 98.7 Å². The number of fused-ring (bicyclic) bond motifs is 1. The number of likely N-dealkylation sites (N-methyl/N-ethyl adjacent to an activating group) is 1. The summed E-state index contributed by atoms with van der Waals surface area (Å²) in [5.41, 5.74) is 7.01. The van der Waals surface area contributed by atoms with Gasteiger partial charge in [0, 0.05) is 37.5 Å². The van der Waals surface area contributed by atoms with Crippen LogP contribution in [0.25, 0.3) is 10.9 Å². The Hall–Kier alpha value is -2.69. The number of carbonyl (C=O) groups excluding carboxylic acids is 1. The van der Waals surface area contributed by atoms with Gasteiger partial charge in [-0.05, 0) is 84.5 Å². The topological polar surface area (TPSA) is 112 Å². The van der Waals surface area contributed by atoms with E-state index in [-0.39, 0.29) is 5.91 Å². The van der Waals surface area contributed by atoms with Gasteiger partial charge in [-0.1, -0.05) is 0 Å². The van der Waals surface area contributed by atoms with Crippen LogP contribution < -0.4 is 26.0 Å². The number of nitrogens with zero attached hydrogens (tertiary/aromatic N) is 5. The molecule has 2 fully saturated rings. The van der Waals surface area contributed by atoms with E-state index < -0.39 is 0 Å². The summed E-state index contributed by atoms with van der Waals surface area (Å²) in [5, 5.41) is 7.65. The number of rotatable bonds is 9. The molecule has 0 unspecified atom stereocenters. The van der Waals surface area contributed by atoms with Crippen LogP contribution in [0.2, 0.25) is 0 Å². The smallest absolute Gasteiger partial charge is 0.227 e. The second-order valence-electron chi connectivity index (χ2n) is 10.1. The third kappa shape index (κ3) is 6.74. The largest absolute Gasteiger partial charge is 0.495 e. The lowest BCUT2D eigenvalue weighted by Gasteiger charge is -2.30. The van der Waals surface area contributed by atoms with Crippen molar-refractivity contribution < 1.29 is 9.53 Å².